The highest BCUT2D eigenvalue weighted by Crippen LogP contribution is 2.08. The highest BCUT2D eigenvalue weighted by molar-refractivity contribution is 5.01. The Bertz CT molecular complexity index is 257. The molecule has 0 aromatic carbocycles. The number of ether oxygens (including phenoxy) is 1. The lowest BCUT2D eigenvalue weighted by molar-refractivity contribution is 0.0236. The minimum Gasteiger partial charge on any atom is -0.371 e. The maximum atomic E-state index is 5.74. The summed E-state index contributed by atoms with van der Waals surface area (Å²) in [7, 11) is 0. The van der Waals surface area contributed by atoms with Crippen LogP contribution in [-0.4, -0.2) is 24.2 Å². The molecule has 1 aromatic heterocycles. The Morgan fingerprint density at radius 2 is 2.50 bits per heavy atom. The van der Waals surface area contributed by atoms with Gasteiger partial charge < -0.3 is 10.1 Å². The van der Waals surface area contributed by atoms with Crippen molar-refractivity contribution in [3.63, 3.8) is 0 Å². The summed E-state index contributed by atoms with van der Waals surface area (Å²) in [5.74, 6) is 0. The molecule has 0 bridgehead atoms. The fourth-order valence-electron chi connectivity index (χ4n) is 1.65. The van der Waals surface area contributed by atoms with Crippen LogP contribution >= 0.6 is 0 Å². The number of piperidine rings is 1. The molecule has 0 spiro atoms. The first-order valence-electron chi connectivity index (χ1n) is 5.17. The topological polar surface area (TPSA) is 34.1 Å². The predicted molar refractivity (Wildman–Crippen MR) is 54.9 cm³/mol. The number of hydrogen-bond acceptors (Lipinski definition) is 3. The minimum atomic E-state index is 0.366. The molecule has 0 radical (unpaired) electrons. The van der Waals surface area contributed by atoms with Crippen molar-refractivity contribution < 1.29 is 4.74 Å². The Hall–Kier alpha value is -0.930. The van der Waals surface area contributed by atoms with Gasteiger partial charge in [0.25, 0.3) is 0 Å². The van der Waals surface area contributed by atoms with Crippen LogP contribution in [0.5, 0.6) is 0 Å². The van der Waals surface area contributed by atoms with Crippen LogP contribution in [0.15, 0.2) is 24.4 Å². The van der Waals surface area contributed by atoms with E-state index in [-0.39, 0.29) is 0 Å². The van der Waals surface area contributed by atoms with Gasteiger partial charge in [-0.25, -0.2) is 0 Å². The maximum absolute atomic E-state index is 5.74. The van der Waals surface area contributed by atoms with Crippen LogP contribution in [0, 0.1) is 0 Å². The average molecular weight is 192 g/mol. The number of pyridine rings is 1. The van der Waals surface area contributed by atoms with E-state index >= 15 is 0 Å². The lowest BCUT2D eigenvalue weighted by Gasteiger charge is -2.22. The molecule has 1 saturated heterocycles. The molecule has 2 heterocycles. The van der Waals surface area contributed by atoms with Crippen molar-refractivity contribution in [2.24, 2.45) is 0 Å². The highest BCUT2D eigenvalue weighted by atomic mass is 16.5. The standard InChI is InChI=1S/C11H16N2O/c1-2-7-13-10(4-1)9-14-11-5-3-6-12-8-11/h1-2,4,7,11-12H,3,5-6,8-9H2/t11-/m0/s1. The van der Waals surface area contributed by atoms with Gasteiger partial charge in [-0.15, -0.1) is 0 Å². The molecule has 1 fully saturated rings. The summed E-state index contributed by atoms with van der Waals surface area (Å²) < 4.78 is 5.74. The molecule has 76 valence electrons. The zero-order valence-corrected chi connectivity index (χ0v) is 8.28. The van der Waals surface area contributed by atoms with Crippen molar-refractivity contribution >= 4 is 0 Å². The van der Waals surface area contributed by atoms with Crippen molar-refractivity contribution in [1.29, 1.82) is 0 Å². The number of hydrogen-bond donors (Lipinski definition) is 1. The second-order valence-electron chi connectivity index (χ2n) is 3.60. The first-order valence-corrected chi connectivity index (χ1v) is 5.17. The Balaban J connectivity index is 1.76. The summed E-state index contributed by atoms with van der Waals surface area (Å²) in [6.45, 7) is 2.74. The third-order valence-corrected chi connectivity index (χ3v) is 2.44. The van der Waals surface area contributed by atoms with Crippen LogP contribution in [0.2, 0.25) is 0 Å². The SMILES string of the molecule is c1ccc(CO[C@H]2CCCNC2)nc1. The van der Waals surface area contributed by atoms with Crippen LogP contribution in [0.4, 0.5) is 0 Å². The predicted octanol–water partition coefficient (Wildman–Crippen LogP) is 1.35. The Kier molecular flexibility index (Phi) is 3.49. The fraction of sp³-hybridized carbons (Fsp3) is 0.545. The van der Waals surface area contributed by atoms with Gasteiger partial charge in [0.15, 0.2) is 0 Å². The van der Waals surface area contributed by atoms with E-state index in [2.05, 4.69) is 10.3 Å². The molecular formula is C11H16N2O. The lowest BCUT2D eigenvalue weighted by atomic mass is 10.1. The molecule has 1 N–H and O–H groups in total. The molecule has 3 heteroatoms. The summed E-state index contributed by atoms with van der Waals surface area (Å²) in [6.07, 6.45) is 4.55. The van der Waals surface area contributed by atoms with Gasteiger partial charge in [-0.05, 0) is 31.5 Å². The smallest absolute Gasteiger partial charge is 0.0892 e. The maximum Gasteiger partial charge on any atom is 0.0892 e. The van der Waals surface area contributed by atoms with Crippen molar-refractivity contribution in [2.45, 2.75) is 25.6 Å². The molecule has 1 atom stereocenters. The van der Waals surface area contributed by atoms with Gasteiger partial charge in [0.2, 0.25) is 0 Å². The molecule has 2 rings (SSSR count). The van der Waals surface area contributed by atoms with Crippen molar-refractivity contribution in [1.82, 2.24) is 10.3 Å². The largest absolute Gasteiger partial charge is 0.371 e. The zero-order valence-electron chi connectivity index (χ0n) is 8.28. The van der Waals surface area contributed by atoms with Crippen molar-refractivity contribution in [2.75, 3.05) is 13.1 Å². The Morgan fingerprint density at radius 3 is 3.21 bits per heavy atom. The fourth-order valence-corrected chi connectivity index (χ4v) is 1.65. The van der Waals surface area contributed by atoms with Gasteiger partial charge in [-0.1, -0.05) is 6.07 Å². The molecule has 1 aromatic rings. The van der Waals surface area contributed by atoms with Gasteiger partial charge >= 0.3 is 0 Å². The summed E-state index contributed by atoms with van der Waals surface area (Å²) in [5, 5.41) is 3.33. The second-order valence-corrected chi connectivity index (χ2v) is 3.60. The summed E-state index contributed by atoms with van der Waals surface area (Å²) >= 11 is 0. The molecule has 3 nitrogen and oxygen atoms in total. The van der Waals surface area contributed by atoms with Crippen LogP contribution < -0.4 is 5.32 Å². The second kappa shape index (κ2) is 5.08. The van der Waals surface area contributed by atoms with E-state index in [0.29, 0.717) is 12.7 Å². The minimum absolute atomic E-state index is 0.366. The lowest BCUT2D eigenvalue weighted by Crippen LogP contribution is -2.35. The van der Waals surface area contributed by atoms with Crippen LogP contribution in [0.3, 0.4) is 0 Å². The average Bonchev–Trinajstić information content (AvgIpc) is 2.29. The van der Waals surface area contributed by atoms with E-state index in [4.69, 9.17) is 4.74 Å². The third kappa shape index (κ3) is 2.79. The molecular weight excluding hydrogens is 176 g/mol. The van der Waals surface area contributed by atoms with E-state index in [1.54, 1.807) is 6.20 Å². The monoisotopic (exact) mass is 192 g/mol. The van der Waals surface area contributed by atoms with Crippen molar-refractivity contribution in [3.05, 3.63) is 30.1 Å². The first-order chi connectivity index (χ1) is 6.95. The van der Waals surface area contributed by atoms with Crippen LogP contribution in [0.25, 0.3) is 0 Å². The number of nitrogens with one attached hydrogen (secondary N) is 1. The van der Waals surface area contributed by atoms with Crippen LogP contribution in [-0.2, 0) is 11.3 Å². The van der Waals surface area contributed by atoms with E-state index in [1.165, 1.54) is 12.8 Å². The summed E-state index contributed by atoms with van der Waals surface area (Å²) in [5.41, 5.74) is 1.01. The van der Waals surface area contributed by atoms with Gasteiger partial charge in [0.05, 0.1) is 18.4 Å². The molecule has 1 aliphatic heterocycles. The Morgan fingerprint density at radius 1 is 1.50 bits per heavy atom. The highest BCUT2D eigenvalue weighted by Gasteiger charge is 2.12. The summed E-state index contributed by atoms with van der Waals surface area (Å²) in [6, 6.07) is 5.91. The number of nitrogens with zero attached hydrogens (tertiary/aromatic N) is 1. The van der Waals surface area contributed by atoms with Crippen molar-refractivity contribution in [3.8, 4) is 0 Å². The van der Waals surface area contributed by atoms with Gasteiger partial charge in [-0.3, -0.25) is 4.98 Å². The van der Waals surface area contributed by atoms with E-state index < -0.39 is 0 Å². The molecule has 0 unspecified atom stereocenters. The van der Waals surface area contributed by atoms with E-state index in [9.17, 15) is 0 Å². The number of rotatable bonds is 3. The molecule has 1 aliphatic rings. The normalized spacial score (nSPS) is 22.1. The molecule has 0 amide bonds. The van der Waals surface area contributed by atoms with Gasteiger partial charge in [0.1, 0.15) is 0 Å². The van der Waals surface area contributed by atoms with Gasteiger partial charge in [-0.2, -0.15) is 0 Å². The first kappa shape index (κ1) is 9.62. The summed E-state index contributed by atoms with van der Waals surface area (Å²) in [4.78, 5) is 4.22. The van der Waals surface area contributed by atoms with Gasteiger partial charge in [0, 0.05) is 12.7 Å². The third-order valence-electron chi connectivity index (χ3n) is 2.44. The quantitative estimate of drug-likeness (QED) is 0.785. The zero-order chi connectivity index (χ0) is 9.64. The number of aromatic nitrogens is 1. The van der Waals surface area contributed by atoms with E-state index in [1.807, 2.05) is 18.2 Å². The molecule has 0 aliphatic carbocycles. The van der Waals surface area contributed by atoms with E-state index in [0.717, 1.165) is 18.8 Å². The van der Waals surface area contributed by atoms with Crippen LogP contribution in [0.1, 0.15) is 18.5 Å². The molecule has 14 heavy (non-hydrogen) atoms. The molecule has 0 saturated carbocycles. The Labute approximate surface area is 84.5 Å².